The summed E-state index contributed by atoms with van der Waals surface area (Å²) in [6, 6.07) is 8.04. The van der Waals surface area contributed by atoms with Gasteiger partial charge in [0.05, 0.1) is 5.41 Å². The number of benzene rings is 1. The van der Waals surface area contributed by atoms with Crippen molar-refractivity contribution in [2.45, 2.75) is 23.2 Å². The third-order valence-corrected chi connectivity index (χ3v) is 3.15. The summed E-state index contributed by atoms with van der Waals surface area (Å²) in [5.74, 6) is 0.567. The zero-order valence-electron chi connectivity index (χ0n) is 8.60. The van der Waals surface area contributed by atoms with Crippen molar-refractivity contribution in [1.82, 2.24) is 0 Å². The predicted octanol–water partition coefficient (Wildman–Crippen LogP) is 1.93. The van der Waals surface area contributed by atoms with E-state index >= 15 is 0 Å². The largest absolute Gasteiger partial charge is 0.398 e. The fraction of sp³-hybridized carbons (Fsp3) is 0.364. The van der Waals surface area contributed by atoms with Crippen molar-refractivity contribution in [3.63, 3.8) is 0 Å². The van der Waals surface area contributed by atoms with Crippen molar-refractivity contribution in [2.24, 2.45) is 10.9 Å². The molecular weight excluding hydrogens is 208 g/mol. The second-order valence-electron chi connectivity index (χ2n) is 3.79. The summed E-state index contributed by atoms with van der Waals surface area (Å²) in [7, 11) is 1.51. The molecule has 80 valence electrons. The molecule has 2 rings (SSSR count). The molecule has 2 N–H and O–H groups in total. The molecule has 1 fully saturated rings. The summed E-state index contributed by atoms with van der Waals surface area (Å²) in [6.45, 7) is 0. The molecule has 1 aromatic rings. The quantitative estimate of drug-likeness (QED) is 0.355. The monoisotopic (exact) mass is 222 g/mol. The first kappa shape index (κ1) is 10.4. The number of amidine groups is 1. The molecule has 0 spiro atoms. The van der Waals surface area contributed by atoms with E-state index in [1.807, 2.05) is 24.3 Å². The van der Waals surface area contributed by atoms with Crippen molar-refractivity contribution < 1.29 is 4.84 Å². The van der Waals surface area contributed by atoms with Gasteiger partial charge in [-0.05, 0) is 30.5 Å². The average Bonchev–Trinajstić information content (AvgIpc) is 3.00. The van der Waals surface area contributed by atoms with Crippen LogP contribution in [-0.4, -0.2) is 12.9 Å². The standard InChI is InChI=1S/C11H14N2OS/c1-14-13-10(12)11(6-7-11)8-2-4-9(15)5-3-8/h2-5,15H,6-7H2,1H3,(H2,12,13). The number of oxime groups is 1. The second kappa shape index (κ2) is 3.77. The van der Waals surface area contributed by atoms with E-state index in [1.54, 1.807) is 0 Å². The van der Waals surface area contributed by atoms with Crippen LogP contribution in [0.2, 0.25) is 0 Å². The van der Waals surface area contributed by atoms with Crippen molar-refractivity contribution in [3.05, 3.63) is 29.8 Å². The molecule has 3 nitrogen and oxygen atoms in total. The van der Waals surface area contributed by atoms with Crippen LogP contribution >= 0.6 is 12.6 Å². The highest BCUT2D eigenvalue weighted by molar-refractivity contribution is 7.80. The van der Waals surface area contributed by atoms with Crippen LogP contribution < -0.4 is 5.73 Å². The molecular formula is C11H14N2OS. The molecule has 0 radical (unpaired) electrons. The van der Waals surface area contributed by atoms with E-state index in [4.69, 9.17) is 10.6 Å². The van der Waals surface area contributed by atoms with Crippen LogP contribution in [0.4, 0.5) is 0 Å². The first-order valence-electron chi connectivity index (χ1n) is 4.86. The lowest BCUT2D eigenvalue weighted by atomic mass is 9.95. The molecule has 0 atom stereocenters. The molecule has 1 aromatic carbocycles. The Balaban J connectivity index is 2.30. The van der Waals surface area contributed by atoms with Crippen molar-refractivity contribution >= 4 is 18.5 Å². The average molecular weight is 222 g/mol. The summed E-state index contributed by atoms with van der Waals surface area (Å²) in [4.78, 5) is 5.68. The van der Waals surface area contributed by atoms with Gasteiger partial charge in [-0.3, -0.25) is 0 Å². The fourth-order valence-electron chi connectivity index (χ4n) is 1.78. The molecule has 1 saturated carbocycles. The van der Waals surface area contributed by atoms with E-state index in [0.717, 1.165) is 17.7 Å². The first-order valence-corrected chi connectivity index (χ1v) is 5.30. The lowest BCUT2D eigenvalue weighted by Gasteiger charge is -2.14. The van der Waals surface area contributed by atoms with Gasteiger partial charge in [-0.25, -0.2) is 0 Å². The van der Waals surface area contributed by atoms with Crippen LogP contribution in [-0.2, 0) is 10.3 Å². The van der Waals surface area contributed by atoms with Crippen molar-refractivity contribution in [2.75, 3.05) is 7.11 Å². The van der Waals surface area contributed by atoms with Gasteiger partial charge in [-0.2, -0.15) is 0 Å². The van der Waals surface area contributed by atoms with E-state index in [1.165, 1.54) is 12.7 Å². The fourth-order valence-corrected chi connectivity index (χ4v) is 1.93. The molecule has 0 heterocycles. The number of hydrogen-bond acceptors (Lipinski definition) is 3. The summed E-state index contributed by atoms with van der Waals surface area (Å²) in [6.07, 6.45) is 2.08. The third-order valence-electron chi connectivity index (χ3n) is 2.85. The predicted molar refractivity (Wildman–Crippen MR) is 63.2 cm³/mol. The van der Waals surface area contributed by atoms with Crippen molar-refractivity contribution in [3.8, 4) is 0 Å². The smallest absolute Gasteiger partial charge is 0.149 e. The van der Waals surface area contributed by atoms with Gasteiger partial charge in [-0.1, -0.05) is 17.3 Å². The molecule has 0 aromatic heterocycles. The minimum Gasteiger partial charge on any atom is -0.398 e. The molecule has 0 unspecified atom stereocenters. The van der Waals surface area contributed by atoms with E-state index in [-0.39, 0.29) is 5.41 Å². The van der Waals surface area contributed by atoms with Gasteiger partial charge in [0.2, 0.25) is 0 Å². The lowest BCUT2D eigenvalue weighted by molar-refractivity contribution is 0.211. The summed E-state index contributed by atoms with van der Waals surface area (Å²) in [5.41, 5.74) is 7.01. The van der Waals surface area contributed by atoms with Gasteiger partial charge in [0.15, 0.2) is 0 Å². The highest BCUT2D eigenvalue weighted by atomic mass is 32.1. The van der Waals surface area contributed by atoms with Gasteiger partial charge in [-0.15, -0.1) is 12.6 Å². The first-order chi connectivity index (χ1) is 7.19. The molecule has 1 aliphatic rings. The van der Waals surface area contributed by atoms with Crippen LogP contribution in [0.5, 0.6) is 0 Å². The number of nitrogens with zero attached hydrogens (tertiary/aromatic N) is 1. The topological polar surface area (TPSA) is 47.6 Å². The Morgan fingerprint density at radius 2 is 2.00 bits per heavy atom. The Labute approximate surface area is 94.7 Å². The lowest BCUT2D eigenvalue weighted by Crippen LogP contribution is -2.29. The zero-order valence-corrected chi connectivity index (χ0v) is 9.50. The number of rotatable bonds is 3. The minimum atomic E-state index is -0.0858. The Kier molecular flexibility index (Phi) is 2.61. The van der Waals surface area contributed by atoms with E-state index in [0.29, 0.717) is 5.84 Å². The van der Waals surface area contributed by atoms with Gasteiger partial charge in [0.25, 0.3) is 0 Å². The summed E-state index contributed by atoms with van der Waals surface area (Å²) >= 11 is 4.25. The van der Waals surface area contributed by atoms with Crippen LogP contribution in [0.15, 0.2) is 34.3 Å². The molecule has 0 amide bonds. The highest BCUT2D eigenvalue weighted by Crippen LogP contribution is 2.48. The minimum absolute atomic E-state index is 0.0858. The SMILES string of the molecule is CON=C(N)C1(c2ccc(S)cc2)CC1. The maximum Gasteiger partial charge on any atom is 0.149 e. The van der Waals surface area contributed by atoms with Gasteiger partial charge in [0, 0.05) is 4.90 Å². The highest BCUT2D eigenvalue weighted by Gasteiger charge is 2.48. The van der Waals surface area contributed by atoms with Gasteiger partial charge >= 0.3 is 0 Å². The molecule has 15 heavy (non-hydrogen) atoms. The number of hydrogen-bond donors (Lipinski definition) is 2. The molecule has 0 saturated heterocycles. The van der Waals surface area contributed by atoms with E-state index < -0.39 is 0 Å². The molecule has 0 bridgehead atoms. The second-order valence-corrected chi connectivity index (χ2v) is 4.30. The Morgan fingerprint density at radius 3 is 2.47 bits per heavy atom. The molecule has 0 aliphatic heterocycles. The Bertz CT molecular complexity index is 382. The van der Waals surface area contributed by atoms with Gasteiger partial charge < -0.3 is 10.6 Å². The van der Waals surface area contributed by atoms with E-state index in [9.17, 15) is 0 Å². The summed E-state index contributed by atoms with van der Waals surface area (Å²) in [5, 5.41) is 3.83. The van der Waals surface area contributed by atoms with E-state index in [2.05, 4.69) is 17.8 Å². The van der Waals surface area contributed by atoms with Crippen LogP contribution in [0.25, 0.3) is 0 Å². The summed E-state index contributed by atoms with van der Waals surface area (Å²) < 4.78 is 0. The third kappa shape index (κ3) is 1.81. The van der Waals surface area contributed by atoms with Crippen LogP contribution in [0.1, 0.15) is 18.4 Å². The maximum absolute atomic E-state index is 5.90. The number of thiol groups is 1. The van der Waals surface area contributed by atoms with Crippen LogP contribution in [0.3, 0.4) is 0 Å². The zero-order chi connectivity index (χ0) is 10.9. The normalized spacial score (nSPS) is 18.7. The number of nitrogens with two attached hydrogens (primary N) is 1. The van der Waals surface area contributed by atoms with Crippen molar-refractivity contribution in [1.29, 1.82) is 0 Å². The molecule has 1 aliphatic carbocycles. The Morgan fingerprint density at radius 1 is 1.40 bits per heavy atom. The molecule has 4 heteroatoms. The maximum atomic E-state index is 5.90. The Hall–Kier alpha value is -1.16. The van der Waals surface area contributed by atoms with Crippen LogP contribution in [0, 0.1) is 0 Å². The van der Waals surface area contributed by atoms with Gasteiger partial charge in [0.1, 0.15) is 12.9 Å².